The molecule has 1 aromatic heterocycles. The van der Waals surface area contributed by atoms with Crippen LogP contribution in [-0.2, 0) is 6.54 Å². The zero-order chi connectivity index (χ0) is 11.4. The van der Waals surface area contributed by atoms with Crippen molar-refractivity contribution in [3.05, 3.63) is 18.2 Å². The number of aromatic nitrogens is 2. The second-order valence-corrected chi connectivity index (χ2v) is 4.39. The molecule has 0 saturated carbocycles. The fourth-order valence-electron chi connectivity index (χ4n) is 2.26. The highest BCUT2D eigenvalue weighted by molar-refractivity contribution is 5.94. The normalized spacial score (nSPS) is 17.6. The third-order valence-electron chi connectivity index (χ3n) is 3.27. The van der Waals surface area contributed by atoms with E-state index in [4.69, 9.17) is 0 Å². The molecule has 1 aromatic rings. The summed E-state index contributed by atoms with van der Waals surface area (Å²) in [5.41, 5.74) is 0.765. The van der Waals surface area contributed by atoms with Crippen molar-refractivity contribution in [1.82, 2.24) is 14.9 Å². The monoisotopic (exact) mass is 221 g/mol. The van der Waals surface area contributed by atoms with Gasteiger partial charge in [0.15, 0.2) is 5.78 Å². The van der Waals surface area contributed by atoms with E-state index in [9.17, 15) is 4.79 Å². The van der Waals surface area contributed by atoms with Crippen LogP contribution in [0.1, 0.15) is 36.7 Å². The number of imidazole rings is 1. The topological polar surface area (TPSA) is 46.9 Å². The van der Waals surface area contributed by atoms with Crippen molar-refractivity contribution in [3.8, 4) is 0 Å². The first-order valence-corrected chi connectivity index (χ1v) is 6.05. The first-order chi connectivity index (χ1) is 7.81. The van der Waals surface area contributed by atoms with Crippen molar-refractivity contribution < 1.29 is 4.79 Å². The number of hydrogen-bond acceptors (Lipinski definition) is 3. The van der Waals surface area contributed by atoms with Gasteiger partial charge in [-0.25, -0.2) is 4.98 Å². The van der Waals surface area contributed by atoms with Crippen LogP contribution in [-0.4, -0.2) is 28.4 Å². The summed E-state index contributed by atoms with van der Waals surface area (Å²) in [4.78, 5) is 16.1. The second kappa shape index (κ2) is 5.25. The highest BCUT2D eigenvalue weighted by Gasteiger charge is 2.19. The van der Waals surface area contributed by atoms with Crippen molar-refractivity contribution in [2.24, 2.45) is 5.92 Å². The number of rotatable bonds is 4. The maximum absolute atomic E-state index is 12.1. The minimum absolute atomic E-state index is 0.242. The minimum Gasteiger partial charge on any atom is -0.328 e. The summed E-state index contributed by atoms with van der Waals surface area (Å²) in [5, 5.41) is 3.32. The summed E-state index contributed by atoms with van der Waals surface area (Å²) < 4.78 is 1.92. The molecule has 2 rings (SSSR count). The zero-order valence-electron chi connectivity index (χ0n) is 9.78. The van der Waals surface area contributed by atoms with E-state index in [1.54, 1.807) is 12.5 Å². The Labute approximate surface area is 96.1 Å². The van der Waals surface area contributed by atoms with Crippen LogP contribution in [0.15, 0.2) is 12.5 Å². The van der Waals surface area contributed by atoms with E-state index in [0.717, 1.165) is 38.2 Å². The molecule has 0 spiro atoms. The van der Waals surface area contributed by atoms with Crippen LogP contribution in [0.3, 0.4) is 0 Å². The van der Waals surface area contributed by atoms with Crippen LogP contribution in [0.25, 0.3) is 0 Å². The standard InChI is InChI=1S/C12H19N3O/c1-2-15-9-14-8-11(15)12(16)7-10-3-5-13-6-4-10/h8-10,13H,2-7H2,1H3. The van der Waals surface area contributed by atoms with E-state index in [1.165, 1.54) is 0 Å². The van der Waals surface area contributed by atoms with Crippen LogP contribution >= 0.6 is 0 Å². The fourth-order valence-corrected chi connectivity index (χ4v) is 2.26. The predicted octanol–water partition coefficient (Wildman–Crippen LogP) is 1.48. The zero-order valence-corrected chi connectivity index (χ0v) is 9.78. The highest BCUT2D eigenvalue weighted by Crippen LogP contribution is 2.18. The molecule has 1 aliphatic heterocycles. The average Bonchev–Trinajstić information content (AvgIpc) is 2.78. The molecule has 0 atom stereocenters. The number of Topliss-reactive ketones (excluding diaryl/α,β-unsaturated/α-hetero) is 1. The minimum atomic E-state index is 0.242. The van der Waals surface area contributed by atoms with E-state index in [-0.39, 0.29) is 5.78 Å². The average molecular weight is 221 g/mol. The number of hydrogen-bond donors (Lipinski definition) is 1. The van der Waals surface area contributed by atoms with Crippen molar-refractivity contribution in [3.63, 3.8) is 0 Å². The SMILES string of the molecule is CCn1cncc1C(=O)CC1CCNCC1. The van der Waals surface area contributed by atoms with Crippen molar-refractivity contribution in [2.75, 3.05) is 13.1 Å². The number of nitrogens with zero attached hydrogens (tertiary/aromatic N) is 2. The molecular formula is C12H19N3O. The summed E-state index contributed by atoms with van der Waals surface area (Å²) >= 11 is 0. The van der Waals surface area contributed by atoms with Gasteiger partial charge in [0, 0.05) is 13.0 Å². The number of ketones is 1. The Morgan fingerprint density at radius 1 is 1.56 bits per heavy atom. The van der Waals surface area contributed by atoms with Gasteiger partial charge < -0.3 is 9.88 Å². The Hall–Kier alpha value is -1.16. The Morgan fingerprint density at radius 2 is 2.31 bits per heavy atom. The lowest BCUT2D eigenvalue weighted by Crippen LogP contribution is -2.29. The maximum atomic E-state index is 12.1. The molecule has 0 amide bonds. The molecule has 4 nitrogen and oxygen atoms in total. The summed E-state index contributed by atoms with van der Waals surface area (Å²) in [6, 6.07) is 0. The van der Waals surface area contributed by atoms with E-state index < -0.39 is 0 Å². The molecular weight excluding hydrogens is 202 g/mol. The highest BCUT2D eigenvalue weighted by atomic mass is 16.1. The molecule has 0 aromatic carbocycles. The van der Waals surface area contributed by atoms with Crippen molar-refractivity contribution in [1.29, 1.82) is 0 Å². The van der Waals surface area contributed by atoms with E-state index in [2.05, 4.69) is 10.3 Å². The Bertz CT molecular complexity index is 353. The molecule has 88 valence electrons. The summed E-state index contributed by atoms with van der Waals surface area (Å²) in [6.07, 6.45) is 6.33. The fraction of sp³-hybridized carbons (Fsp3) is 0.667. The van der Waals surface area contributed by atoms with Crippen molar-refractivity contribution >= 4 is 5.78 Å². The van der Waals surface area contributed by atoms with Gasteiger partial charge in [0.2, 0.25) is 0 Å². The lowest BCUT2D eigenvalue weighted by Gasteiger charge is -2.21. The van der Waals surface area contributed by atoms with Gasteiger partial charge in [-0.2, -0.15) is 0 Å². The van der Waals surface area contributed by atoms with E-state index >= 15 is 0 Å². The first-order valence-electron chi connectivity index (χ1n) is 6.05. The molecule has 1 fully saturated rings. The van der Waals surface area contributed by atoms with E-state index in [1.807, 2.05) is 11.5 Å². The third-order valence-corrected chi connectivity index (χ3v) is 3.27. The molecule has 4 heteroatoms. The van der Waals surface area contributed by atoms with Gasteiger partial charge in [-0.3, -0.25) is 4.79 Å². The Kier molecular flexibility index (Phi) is 3.72. The number of carbonyl (C=O) groups excluding carboxylic acids is 1. The molecule has 0 radical (unpaired) electrons. The van der Waals surface area contributed by atoms with Crippen molar-refractivity contribution in [2.45, 2.75) is 32.7 Å². The van der Waals surface area contributed by atoms with Gasteiger partial charge in [0.25, 0.3) is 0 Å². The second-order valence-electron chi connectivity index (χ2n) is 4.39. The Morgan fingerprint density at radius 3 is 3.00 bits per heavy atom. The first kappa shape index (κ1) is 11.3. The molecule has 0 aliphatic carbocycles. The van der Waals surface area contributed by atoms with Gasteiger partial charge >= 0.3 is 0 Å². The van der Waals surface area contributed by atoms with Gasteiger partial charge in [-0.15, -0.1) is 0 Å². The molecule has 1 N–H and O–H groups in total. The van der Waals surface area contributed by atoms with Crippen LogP contribution in [0.5, 0.6) is 0 Å². The van der Waals surface area contributed by atoms with Gasteiger partial charge in [-0.1, -0.05) is 0 Å². The predicted molar refractivity (Wildman–Crippen MR) is 62.4 cm³/mol. The lowest BCUT2D eigenvalue weighted by molar-refractivity contribution is 0.0943. The summed E-state index contributed by atoms with van der Waals surface area (Å²) in [6.45, 7) is 4.94. The number of piperidine rings is 1. The smallest absolute Gasteiger partial charge is 0.181 e. The van der Waals surface area contributed by atoms with Gasteiger partial charge in [-0.05, 0) is 38.8 Å². The molecule has 0 unspecified atom stereocenters. The van der Waals surface area contributed by atoms with Crippen LogP contribution in [0, 0.1) is 5.92 Å². The van der Waals surface area contributed by atoms with E-state index in [0.29, 0.717) is 12.3 Å². The largest absolute Gasteiger partial charge is 0.328 e. The van der Waals surface area contributed by atoms with Crippen LogP contribution in [0.2, 0.25) is 0 Å². The summed E-state index contributed by atoms with van der Waals surface area (Å²) in [7, 11) is 0. The number of carbonyl (C=O) groups is 1. The summed E-state index contributed by atoms with van der Waals surface area (Å²) in [5.74, 6) is 0.792. The molecule has 16 heavy (non-hydrogen) atoms. The Balaban J connectivity index is 1.96. The van der Waals surface area contributed by atoms with Gasteiger partial charge in [0.1, 0.15) is 5.69 Å². The molecule has 1 aliphatic rings. The molecule has 0 bridgehead atoms. The van der Waals surface area contributed by atoms with Gasteiger partial charge in [0.05, 0.1) is 12.5 Å². The lowest BCUT2D eigenvalue weighted by atomic mass is 9.92. The quantitative estimate of drug-likeness (QED) is 0.783. The molecule has 1 saturated heterocycles. The van der Waals surface area contributed by atoms with Crippen LogP contribution in [0.4, 0.5) is 0 Å². The molecule has 2 heterocycles. The maximum Gasteiger partial charge on any atom is 0.181 e. The third kappa shape index (κ3) is 2.50. The number of nitrogens with one attached hydrogen (secondary N) is 1. The van der Waals surface area contributed by atoms with Crippen LogP contribution < -0.4 is 5.32 Å². The number of aryl methyl sites for hydroxylation is 1.